The fraction of sp³-hybridized carbons (Fsp3) is 0.296. The number of rotatable bonds is 7. The molecule has 37 heavy (non-hydrogen) atoms. The van der Waals surface area contributed by atoms with E-state index in [-0.39, 0.29) is 0 Å². The molecule has 10 heteroatoms. The van der Waals surface area contributed by atoms with Crippen molar-refractivity contribution in [2.75, 3.05) is 54.8 Å². The first-order valence-electron chi connectivity index (χ1n) is 12.6. The third-order valence-corrected chi connectivity index (χ3v) is 6.76. The van der Waals surface area contributed by atoms with Gasteiger partial charge >= 0.3 is 0 Å². The van der Waals surface area contributed by atoms with Crippen molar-refractivity contribution in [1.82, 2.24) is 35.1 Å². The number of hydrogen-bond acceptors (Lipinski definition) is 10. The fourth-order valence-corrected chi connectivity index (χ4v) is 4.60. The lowest BCUT2D eigenvalue weighted by Gasteiger charge is -2.43. The summed E-state index contributed by atoms with van der Waals surface area (Å²) in [4.78, 5) is 27.5. The smallest absolute Gasteiger partial charge is 0.229 e. The molecule has 0 saturated carbocycles. The predicted octanol–water partition coefficient (Wildman–Crippen LogP) is 3.22. The van der Waals surface area contributed by atoms with Crippen molar-refractivity contribution in [3.63, 3.8) is 0 Å². The number of nitrogens with one attached hydrogen (secondary N) is 3. The molecule has 0 unspecified atom stereocenters. The Labute approximate surface area is 216 Å². The molecule has 0 atom stereocenters. The normalized spacial score (nSPS) is 16.3. The maximum atomic E-state index is 4.60. The van der Waals surface area contributed by atoms with Crippen LogP contribution >= 0.6 is 0 Å². The molecule has 5 heterocycles. The average molecular weight is 495 g/mol. The van der Waals surface area contributed by atoms with E-state index in [0.717, 1.165) is 62.4 Å². The number of pyridine rings is 1. The van der Waals surface area contributed by atoms with Crippen molar-refractivity contribution in [2.24, 2.45) is 0 Å². The van der Waals surface area contributed by atoms with Crippen LogP contribution in [0.4, 0.5) is 29.0 Å². The van der Waals surface area contributed by atoms with Crippen LogP contribution in [0.15, 0.2) is 67.0 Å². The van der Waals surface area contributed by atoms with Gasteiger partial charge in [0.2, 0.25) is 5.95 Å². The van der Waals surface area contributed by atoms with Crippen molar-refractivity contribution in [3.8, 4) is 11.5 Å². The Morgan fingerprint density at radius 2 is 1.54 bits per heavy atom. The van der Waals surface area contributed by atoms with E-state index in [1.165, 1.54) is 5.69 Å². The maximum absolute atomic E-state index is 4.60. The van der Waals surface area contributed by atoms with Gasteiger partial charge in [-0.05, 0) is 55.5 Å². The summed E-state index contributed by atoms with van der Waals surface area (Å²) in [6.45, 7) is 8.57. The number of benzene rings is 1. The molecule has 2 aliphatic rings. The molecule has 10 nitrogen and oxygen atoms in total. The molecule has 0 bridgehead atoms. The van der Waals surface area contributed by atoms with Gasteiger partial charge < -0.3 is 20.9 Å². The topological polar surface area (TPSA) is 107 Å². The van der Waals surface area contributed by atoms with Gasteiger partial charge in [-0.1, -0.05) is 6.07 Å². The second-order valence-electron chi connectivity index (χ2n) is 9.33. The standard InChI is InChI=1S/C27H30N10/c1-19-3-2-4-23(31-19)26-29-11-9-24(34-26)33-25-10-12-30-27(35-25)32-20-5-7-21(8-6-20)36-13-15-37(16-14-36)22-17-28-18-22/h2-12,22,28H,13-18H2,1H3,(H2,29,30,32,33,34,35). The van der Waals surface area contributed by atoms with Crippen molar-refractivity contribution in [3.05, 3.63) is 72.7 Å². The van der Waals surface area contributed by atoms with Crippen molar-refractivity contribution >= 4 is 29.0 Å². The molecule has 3 N–H and O–H groups in total. The van der Waals surface area contributed by atoms with Gasteiger partial charge in [0.1, 0.15) is 17.3 Å². The van der Waals surface area contributed by atoms with Crippen LogP contribution in [-0.4, -0.2) is 75.1 Å². The van der Waals surface area contributed by atoms with E-state index < -0.39 is 0 Å². The van der Waals surface area contributed by atoms with Gasteiger partial charge in [0.05, 0.1) is 0 Å². The van der Waals surface area contributed by atoms with Gasteiger partial charge in [0.15, 0.2) is 5.82 Å². The first-order valence-corrected chi connectivity index (χ1v) is 12.6. The summed E-state index contributed by atoms with van der Waals surface area (Å²) in [6.07, 6.45) is 3.42. The summed E-state index contributed by atoms with van der Waals surface area (Å²) in [7, 11) is 0. The monoisotopic (exact) mass is 494 g/mol. The summed E-state index contributed by atoms with van der Waals surface area (Å²) in [5.41, 5.74) is 3.84. The van der Waals surface area contributed by atoms with Crippen molar-refractivity contribution in [1.29, 1.82) is 0 Å². The molecule has 2 aliphatic heterocycles. The third-order valence-electron chi connectivity index (χ3n) is 6.76. The number of anilines is 5. The molecule has 3 aromatic heterocycles. The highest BCUT2D eigenvalue weighted by atomic mass is 15.3. The van der Waals surface area contributed by atoms with Gasteiger partial charge in [-0.15, -0.1) is 0 Å². The van der Waals surface area contributed by atoms with Crippen LogP contribution < -0.4 is 20.9 Å². The largest absolute Gasteiger partial charge is 0.369 e. The summed E-state index contributed by atoms with van der Waals surface area (Å²) in [5, 5.41) is 9.91. The lowest BCUT2D eigenvalue weighted by atomic mass is 10.1. The van der Waals surface area contributed by atoms with Crippen LogP contribution in [0.25, 0.3) is 11.5 Å². The first kappa shape index (κ1) is 23.3. The summed E-state index contributed by atoms with van der Waals surface area (Å²) in [6, 6.07) is 18.6. The first-order chi connectivity index (χ1) is 18.2. The SMILES string of the molecule is Cc1cccc(-c2nccc(Nc3ccnc(Nc4ccc(N5CCN(C6CNC6)CC5)cc4)n3)n2)n1. The summed E-state index contributed by atoms with van der Waals surface area (Å²) < 4.78 is 0. The van der Waals surface area contributed by atoms with Crippen LogP contribution in [-0.2, 0) is 0 Å². The molecule has 2 fully saturated rings. The molecular formula is C27H30N10. The molecule has 0 amide bonds. The maximum Gasteiger partial charge on any atom is 0.229 e. The molecule has 2 saturated heterocycles. The van der Waals surface area contributed by atoms with Crippen molar-refractivity contribution < 1.29 is 0 Å². The van der Waals surface area contributed by atoms with Crippen molar-refractivity contribution in [2.45, 2.75) is 13.0 Å². The van der Waals surface area contributed by atoms with Crippen LogP contribution in [0.2, 0.25) is 0 Å². The Balaban J connectivity index is 1.08. The quantitative estimate of drug-likeness (QED) is 0.354. The molecule has 0 spiro atoms. The number of aryl methyl sites for hydroxylation is 1. The Morgan fingerprint density at radius 3 is 2.27 bits per heavy atom. The zero-order valence-electron chi connectivity index (χ0n) is 20.8. The van der Waals surface area contributed by atoms with E-state index in [0.29, 0.717) is 23.4 Å². The van der Waals surface area contributed by atoms with Crippen LogP contribution in [0.5, 0.6) is 0 Å². The lowest BCUT2D eigenvalue weighted by Crippen LogP contribution is -2.61. The second-order valence-corrected chi connectivity index (χ2v) is 9.33. The summed E-state index contributed by atoms with van der Waals surface area (Å²) >= 11 is 0. The molecular weight excluding hydrogens is 464 g/mol. The van der Waals surface area contributed by atoms with Gasteiger partial charge in [0.25, 0.3) is 0 Å². The number of aromatic nitrogens is 5. The Bertz CT molecular complexity index is 1350. The van der Waals surface area contributed by atoms with E-state index in [1.54, 1.807) is 24.5 Å². The number of nitrogens with zero attached hydrogens (tertiary/aromatic N) is 7. The highest BCUT2D eigenvalue weighted by Crippen LogP contribution is 2.23. The van der Waals surface area contributed by atoms with Crippen LogP contribution in [0.1, 0.15) is 5.69 Å². The van der Waals surface area contributed by atoms with Gasteiger partial charge in [-0.25, -0.2) is 19.9 Å². The second kappa shape index (κ2) is 10.5. The van der Waals surface area contributed by atoms with Gasteiger partial charge in [0, 0.05) is 74.8 Å². The summed E-state index contributed by atoms with van der Waals surface area (Å²) in [5.74, 6) is 2.34. The van der Waals surface area contributed by atoms with E-state index in [4.69, 9.17) is 0 Å². The highest BCUT2D eigenvalue weighted by Gasteiger charge is 2.27. The zero-order valence-corrected chi connectivity index (χ0v) is 20.8. The minimum absolute atomic E-state index is 0.509. The van der Waals surface area contributed by atoms with E-state index >= 15 is 0 Å². The molecule has 0 radical (unpaired) electrons. The molecule has 0 aliphatic carbocycles. The molecule has 1 aromatic carbocycles. The average Bonchev–Trinajstić information content (AvgIpc) is 2.89. The number of hydrogen-bond donors (Lipinski definition) is 3. The minimum Gasteiger partial charge on any atom is -0.369 e. The molecule has 188 valence electrons. The number of piperazine rings is 1. The zero-order chi connectivity index (χ0) is 25.0. The van der Waals surface area contributed by atoms with Gasteiger partial charge in [-0.2, -0.15) is 4.98 Å². The van der Waals surface area contributed by atoms with Crippen LogP contribution in [0.3, 0.4) is 0 Å². The lowest BCUT2D eigenvalue weighted by molar-refractivity contribution is 0.138. The van der Waals surface area contributed by atoms with Gasteiger partial charge in [-0.3, -0.25) is 4.90 Å². The van der Waals surface area contributed by atoms with E-state index in [9.17, 15) is 0 Å². The molecule has 6 rings (SSSR count). The molecule has 4 aromatic rings. The fourth-order valence-electron chi connectivity index (χ4n) is 4.60. The van der Waals surface area contributed by atoms with E-state index in [2.05, 4.69) is 74.9 Å². The van der Waals surface area contributed by atoms with E-state index in [1.807, 2.05) is 25.1 Å². The highest BCUT2D eigenvalue weighted by molar-refractivity contribution is 5.62. The third kappa shape index (κ3) is 5.50. The Morgan fingerprint density at radius 1 is 0.784 bits per heavy atom. The Hall–Kier alpha value is -4.15. The Kier molecular flexibility index (Phi) is 6.57. The minimum atomic E-state index is 0.509. The van der Waals surface area contributed by atoms with Crippen LogP contribution in [0, 0.1) is 6.92 Å². The predicted molar refractivity (Wildman–Crippen MR) is 145 cm³/mol.